The van der Waals surface area contributed by atoms with Crippen molar-refractivity contribution in [3.63, 3.8) is 0 Å². The van der Waals surface area contributed by atoms with Crippen molar-refractivity contribution in [2.75, 3.05) is 5.32 Å². The number of nitrogens with zero attached hydrogens (tertiary/aromatic N) is 2. The molecule has 118 valence electrons. The lowest BCUT2D eigenvalue weighted by Crippen LogP contribution is -2.36. The number of carbonyl (C=O) groups excluding carboxylic acids is 1. The van der Waals surface area contributed by atoms with E-state index in [0.717, 1.165) is 15.7 Å². The Labute approximate surface area is 137 Å². The van der Waals surface area contributed by atoms with E-state index in [1.807, 2.05) is 52.2 Å². The molecule has 0 radical (unpaired) electrons. The lowest BCUT2D eigenvalue weighted by molar-refractivity contribution is -0.0505. The smallest absolute Gasteiger partial charge is 0.306 e. The Morgan fingerprint density at radius 1 is 1.36 bits per heavy atom. The standard InChI is InChI=1S/C15H19BrN4O2/c1-15(2,3)22-19-14(21)17-11-7-5-6-10(8-11)13-12(16)9-20(4)18-13/h5-9H,1-4H3,(H2,17,19,21). The van der Waals surface area contributed by atoms with Gasteiger partial charge in [-0.2, -0.15) is 5.10 Å². The van der Waals surface area contributed by atoms with Crippen LogP contribution >= 0.6 is 15.9 Å². The zero-order chi connectivity index (χ0) is 16.3. The number of anilines is 1. The summed E-state index contributed by atoms with van der Waals surface area (Å²) < 4.78 is 2.62. The van der Waals surface area contributed by atoms with E-state index in [1.165, 1.54) is 0 Å². The number of urea groups is 1. The summed E-state index contributed by atoms with van der Waals surface area (Å²) in [5.41, 5.74) is 4.30. The molecule has 0 atom stereocenters. The topological polar surface area (TPSA) is 68.2 Å². The first kappa shape index (κ1) is 16.5. The minimum atomic E-state index is -0.446. The third-order valence-electron chi connectivity index (χ3n) is 2.63. The maximum atomic E-state index is 11.8. The van der Waals surface area contributed by atoms with Gasteiger partial charge in [0.05, 0.1) is 10.1 Å². The molecule has 0 saturated heterocycles. The van der Waals surface area contributed by atoms with Gasteiger partial charge in [-0.1, -0.05) is 12.1 Å². The molecule has 1 aromatic heterocycles. The van der Waals surface area contributed by atoms with Crippen LogP contribution in [0.4, 0.5) is 10.5 Å². The molecule has 0 unspecified atom stereocenters. The van der Waals surface area contributed by atoms with Crippen LogP contribution in [0, 0.1) is 0 Å². The second-order valence-corrected chi connectivity index (χ2v) is 6.71. The quantitative estimate of drug-likeness (QED) is 0.813. The average Bonchev–Trinajstić information content (AvgIpc) is 2.75. The van der Waals surface area contributed by atoms with E-state index < -0.39 is 11.6 Å². The first-order valence-electron chi connectivity index (χ1n) is 6.79. The van der Waals surface area contributed by atoms with Gasteiger partial charge in [0, 0.05) is 24.5 Å². The first-order chi connectivity index (χ1) is 10.2. The molecule has 0 bridgehead atoms. The van der Waals surface area contributed by atoms with Crippen molar-refractivity contribution in [1.29, 1.82) is 0 Å². The van der Waals surface area contributed by atoms with Crippen molar-refractivity contribution < 1.29 is 9.63 Å². The van der Waals surface area contributed by atoms with Gasteiger partial charge in [0.2, 0.25) is 0 Å². The van der Waals surface area contributed by atoms with Crippen LogP contribution < -0.4 is 10.8 Å². The van der Waals surface area contributed by atoms with Gasteiger partial charge >= 0.3 is 6.03 Å². The largest absolute Gasteiger partial charge is 0.343 e. The van der Waals surface area contributed by atoms with Gasteiger partial charge in [-0.15, -0.1) is 0 Å². The maximum absolute atomic E-state index is 11.8. The molecule has 2 N–H and O–H groups in total. The number of carbonyl (C=O) groups is 1. The number of aromatic nitrogens is 2. The summed E-state index contributed by atoms with van der Waals surface area (Å²) in [5.74, 6) is 0. The predicted octanol–water partition coefficient (Wildman–Crippen LogP) is 3.70. The van der Waals surface area contributed by atoms with Gasteiger partial charge in [-0.3, -0.25) is 9.52 Å². The summed E-state index contributed by atoms with van der Waals surface area (Å²) in [6, 6.07) is 7.02. The number of hydroxylamine groups is 1. The SMILES string of the molecule is Cn1cc(Br)c(-c2cccc(NC(=O)NOC(C)(C)C)c2)n1. The minimum absolute atomic E-state index is 0.424. The predicted molar refractivity (Wildman–Crippen MR) is 89.3 cm³/mol. The fourth-order valence-corrected chi connectivity index (χ4v) is 2.36. The Morgan fingerprint density at radius 2 is 2.09 bits per heavy atom. The summed E-state index contributed by atoms with van der Waals surface area (Å²) in [6.45, 7) is 5.56. The van der Waals surface area contributed by atoms with Crippen LogP contribution in [-0.2, 0) is 11.9 Å². The van der Waals surface area contributed by atoms with Gasteiger partial charge < -0.3 is 5.32 Å². The molecule has 2 amide bonds. The minimum Gasteiger partial charge on any atom is -0.306 e. The van der Waals surface area contributed by atoms with Crippen molar-refractivity contribution in [1.82, 2.24) is 15.3 Å². The summed E-state index contributed by atoms with van der Waals surface area (Å²) in [4.78, 5) is 17.0. The molecule has 2 rings (SSSR count). The number of benzene rings is 1. The van der Waals surface area contributed by atoms with Crippen LogP contribution in [-0.4, -0.2) is 21.4 Å². The maximum Gasteiger partial charge on any atom is 0.343 e. The van der Waals surface area contributed by atoms with E-state index in [0.29, 0.717) is 5.69 Å². The van der Waals surface area contributed by atoms with Gasteiger partial charge in [0.1, 0.15) is 5.69 Å². The number of rotatable bonds is 3. The van der Waals surface area contributed by atoms with E-state index >= 15 is 0 Å². The lowest BCUT2D eigenvalue weighted by Gasteiger charge is -2.19. The Morgan fingerprint density at radius 3 is 2.68 bits per heavy atom. The van der Waals surface area contributed by atoms with Crippen LogP contribution in [0.5, 0.6) is 0 Å². The van der Waals surface area contributed by atoms with Crippen molar-refractivity contribution in [2.24, 2.45) is 7.05 Å². The second-order valence-electron chi connectivity index (χ2n) is 5.85. The highest BCUT2D eigenvalue weighted by Crippen LogP contribution is 2.28. The molecule has 0 aliphatic heterocycles. The molecule has 1 aromatic carbocycles. The van der Waals surface area contributed by atoms with Gasteiger partial charge in [0.25, 0.3) is 0 Å². The van der Waals surface area contributed by atoms with E-state index in [2.05, 4.69) is 31.8 Å². The number of nitrogens with one attached hydrogen (secondary N) is 2. The Balaban J connectivity index is 2.09. The van der Waals surface area contributed by atoms with Crippen molar-refractivity contribution >= 4 is 27.6 Å². The number of hydrogen-bond donors (Lipinski definition) is 2. The highest BCUT2D eigenvalue weighted by molar-refractivity contribution is 9.10. The Bertz CT molecular complexity index is 676. The Hall–Kier alpha value is -1.86. The molecule has 2 aromatic rings. The van der Waals surface area contributed by atoms with E-state index in [4.69, 9.17) is 4.84 Å². The summed E-state index contributed by atoms with van der Waals surface area (Å²) in [6.07, 6.45) is 1.87. The normalized spacial score (nSPS) is 11.3. The second kappa shape index (κ2) is 6.50. The molecule has 0 saturated carbocycles. The van der Waals surface area contributed by atoms with Crippen molar-refractivity contribution in [2.45, 2.75) is 26.4 Å². The zero-order valence-corrected chi connectivity index (χ0v) is 14.6. The lowest BCUT2D eigenvalue weighted by atomic mass is 10.1. The number of halogens is 1. The van der Waals surface area contributed by atoms with Gasteiger partial charge in [-0.05, 0) is 48.8 Å². The summed E-state index contributed by atoms with van der Waals surface area (Å²) in [7, 11) is 1.85. The molecule has 22 heavy (non-hydrogen) atoms. The number of hydrogen-bond acceptors (Lipinski definition) is 3. The first-order valence-corrected chi connectivity index (χ1v) is 7.58. The molecule has 0 aliphatic carbocycles. The Kier molecular flexibility index (Phi) is 4.87. The summed E-state index contributed by atoms with van der Waals surface area (Å²) >= 11 is 3.47. The highest BCUT2D eigenvalue weighted by atomic mass is 79.9. The molecular weight excluding hydrogens is 348 g/mol. The molecule has 0 fully saturated rings. The fraction of sp³-hybridized carbons (Fsp3) is 0.333. The molecule has 0 spiro atoms. The molecule has 0 aliphatic rings. The molecule has 6 nitrogen and oxygen atoms in total. The van der Waals surface area contributed by atoms with Crippen LogP contribution in [0.15, 0.2) is 34.9 Å². The third kappa shape index (κ3) is 4.57. The number of amides is 2. The highest BCUT2D eigenvalue weighted by Gasteiger charge is 2.13. The van der Waals surface area contributed by atoms with Crippen LogP contribution in [0.2, 0.25) is 0 Å². The number of aryl methyl sites for hydroxylation is 1. The fourth-order valence-electron chi connectivity index (χ4n) is 1.76. The average molecular weight is 367 g/mol. The molecular formula is C15H19BrN4O2. The van der Waals surface area contributed by atoms with E-state index in [9.17, 15) is 4.79 Å². The van der Waals surface area contributed by atoms with Gasteiger partial charge in [-0.25, -0.2) is 10.3 Å². The zero-order valence-electron chi connectivity index (χ0n) is 13.0. The van der Waals surface area contributed by atoms with Crippen LogP contribution in [0.3, 0.4) is 0 Å². The van der Waals surface area contributed by atoms with Gasteiger partial charge in [0.15, 0.2) is 0 Å². The summed E-state index contributed by atoms with van der Waals surface area (Å²) in [5, 5.41) is 7.11. The molecule has 1 heterocycles. The molecule has 7 heteroatoms. The van der Waals surface area contributed by atoms with E-state index in [1.54, 1.807) is 10.7 Å². The van der Waals surface area contributed by atoms with Crippen molar-refractivity contribution in [3.8, 4) is 11.3 Å². The third-order valence-corrected chi connectivity index (χ3v) is 3.21. The van der Waals surface area contributed by atoms with Crippen LogP contribution in [0.1, 0.15) is 20.8 Å². The van der Waals surface area contributed by atoms with E-state index in [-0.39, 0.29) is 0 Å². The van der Waals surface area contributed by atoms with Crippen LogP contribution in [0.25, 0.3) is 11.3 Å². The monoisotopic (exact) mass is 366 g/mol. The van der Waals surface area contributed by atoms with Crippen molar-refractivity contribution in [3.05, 3.63) is 34.9 Å².